The van der Waals surface area contributed by atoms with Gasteiger partial charge in [-0.15, -0.1) is 0 Å². The SMILES string of the molecule is CCCC(C)CC(N)c1cn(C)cn1. The van der Waals surface area contributed by atoms with Crippen LogP contribution < -0.4 is 5.73 Å². The summed E-state index contributed by atoms with van der Waals surface area (Å²) in [5, 5.41) is 0. The second kappa shape index (κ2) is 5.15. The van der Waals surface area contributed by atoms with E-state index in [0.29, 0.717) is 5.92 Å². The molecule has 1 aromatic rings. The molecule has 1 rings (SSSR count). The van der Waals surface area contributed by atoms with Crippen LogP contribution in [0.5, 0.6) is 0 Å². The molecule has 0 amide bonds. The smallest absolute Gasteiger partial charge is 0.0947 e. The van der Waals surface area contributed by atoms with Gasteiger partial charge in [0.15, 0.2) is 0 Å². The fourth-order valence-corrected chi connectivity index (χ4v) is 1.79. The zero-order chi connectivity index (χ0) is 10.6. The van der Waals surface area contributed by atoms with E-state index < -0.39 is 0 Å². The van der Waals surface area contributed by atoms with Crippen molar-refractivity contribution in [2.24, 2.45) is 18.7 Å². The first-order valence-electron chi connectivity index (χ1n) is 5.37. The van der Waals surface area contributed by atoms with E-state index in [-0.39, 0.29) is 6.04 Å². The van der Waals surface area contributed by atoms with Crippen LogP contribution in [0.1, 0.15) is 44.8 Å². The lowest BCUT2D eigenvalue weighted by atomic mass is 9.96. The molecule has 2 unspecified atom stereocenters. The summed E-state index contributed by atoms with van der Waals surface area (Å²) in [7, 11) is 1.97. The largest absolute Gasteiger partial charge is 0.340 e. The second-order valence-corrected chi connectivity index (χ2v) is 4.20. The molecule has 14 heavy (non-hydrogen) atoms. The molecule has 0 saturated heterocycles. The van der Waals surface area contributed by atoms with Crippen LogP contribution in [0.3, 0.4) is 0 Å². The van der Waals surface area contributed by atoms with Crippen LogP contribution in [0.15, 0.2) is 12.5 Å². The molecule has 1 heterocycles. The monoisotopic (exact) mass is 195 g/mol. The van der Waals surface area contributed by atoms with Crippen LogP contribution in [0.2, 0.25) is 0 Å². The summed E-state index contributed by atoms with van der Waals surface area (Å²) in [6.45, 7) is 4.47. The van der Waals surface area contributed by atoms with Crippen molar-refractivity contribution in [3.05, 3.63) is 18.2 Å². The highest BCUT2D eigenvalue weighted by molar-refractivity contribution is 5.02. The number of imidazole rings is 1. The molecule has 1 aromatic heterocycles. The van der Waals surface area contributed by atoms with Crippen LogP contribution in [0.25, 0.3) is 0 Å². The van der Waals surface area contributed by atoms with Gasteiger partial charge in [-0.05, 0) is 12.3 Å². The van der Waals surface area contributed by atoms with Gasteiger partial charge >= 0.3 is 0 Å². The number of nitrogens with zero attached hydrogens (tertiary/aromatic N) is 2. The highest BCUT2D eigenvalue weighted by Crippen LogP contribution is 2.20. The van der Waals surface area contributed by atoms with Crippen LogP contribution in [0, 0.1) is 5.92 Å². The third-order valence-electron chi connectivity index (χ3n) is 2.54. The first-order chi connectivity index (χ1) is 6.63. The number of aryl methyl sites for hydroxylation is 1. The van der Waals surface area contributed by atoms with Gasteiger partial charge in [0.25, 0.3) is 0 Å². The normalized spacial score (nSPS) is 15.4. The fraction of sp³-hybridized carbons (Fsp3) is 0.727. The molecule has 0 aliphatic carbocycles. The van der Waals surface area contributed by atoms with Gasteiger partial charge in [-0.2, -0.15) is 0 Å². The molecule has 0 aliphatic heterocycles. The van der Waals surface area contributed by atoms with Gasteiger partial charge in [0.1, 0.15) is 0 Å². The average molecular weight is 195 g/mol. The van der Waals surface area contributed by atoms with Gasteiger partial charge in [0.2, 0.25) is 0 Å². The van der Waals surface area contributed by atoms with Crippen molar-refractivity contribution in [2.45, 2.75) is 39.2 Å². The van der Waals surface area contributed by atoms with Gasteiger partial charge < -0.3 is 10.3 Å². The molecular weight excluding hydrogens is 174 g/mol. The summed E-state index contributed by atoms with van der Waals surface area (Å²) in [6.07, 6.45) is 7.32. The van der Waals surface area contributed by atoms with E-state index in [9.17, 15) is 0 Å². The Labute approximate surface area is 86.3 Å². The van der Waals surface area contributed by atoms with Gasteiger partial charge in [0, 0.05) is 19.3 Å². The Morgan fingerprint density at radius 2 is 2.29 bits per heavy atom. The summed E-state index contributed by atoms with van der Waals surface area (Å²) >= 11 is 0. The Balaban J connectivity index is 2.45. The van der Waals surface area contributed by atoms with Crippen LogP contribution >= 0.6 is 0 Å². The molecule has 3 nitrogen and oxygen atoms in total. The number of nitrogens with two attached hydrogens (primary N) is 1. The predicted octanol–water partition coefficient (Wildman–Crippen LogP) is 2.25. The van der Waals surface area contributed by atoms with Crippen molar-refractivity contribution in [1.29, 1.82) is 0 Å². The van der Waals surface area contributed by atoms with Crippen molar-refractivity contribution in [2.75, 3.05) is 0 Å². The van der Waals surface area contributed by atoms with Gasteiger partial charge in [-0.3, -0.25) is 0 Å². The Morgan fingerprint density at radius 3 is 2.79 bits per heavy atom. The summed E-state index contributed by atoms with van der Waals surface area (Å²) in [5.74, 6) is 0.692. The lowest BCUT2D eigenvalue weighted by Gasteiger charge is -2.14. The van der Waals surface area contributed by atoms with Crippen molar-refractivity contribution < 1.29 is 0 Å². The van der Waals surface area contributed by atoms with Gasteiger partial charge in [0.05, 0.1) is 12.0 Å². The van der Waals surface area contributed by atoms with E-state index in [2.05, 4.69) is 18.8 Å². The van der Waals surface area contributed by atoms with Gasteiger partial charge in [-0.25, -0.2) is 4.98 Å². The minimum absolute atomic E-state index is 0.0951. The molecule has 2 atom stereocenters. The molecular formula is C11H21N3. The Kier molecular flexibility index (Phi) is 4.14. The Hall–Kier alpha value is -0.830. The molecule has 80 valence electrons. The zero-order valence-corrected chi connectivity index (χ0v) is 9.40. The number of hydrogen-bond donors (Lipinski definition) is 1. The first-order valence-corrected chi connectivity index (χ1v) is 5.37. The molecule has 0 bridgehead atoms. The molecule has 0 aromatic carbocycles. The first kappa shape index (κ1) is 11.2. The minimum atomic E-state index is 0.0951. The van der Waals surface area contributed by atoms with E-state index in [4.69, 9.17) is 5.73 Å². The van der Waals surface area contributed by atoms with Crippen molar-refractivity contribution >= 4 is 0 Å². The highest BCUT2D eigenvalue weighted by Gasteiger charge is 2.12. The summed E-state index contributed by atoms with van der Waals surface area (Å²) in [5.41, 5.74) is 7.07. The Morgan fingerprint density at radius 1 is 1.57 bits per heavy atom. The molecule has 0 fully saturated rings. The minimum Gasteiger partial charge on any atom is -0.340 e. The number of rotatable bonds is 5. The number of hydrogen-bond acceptors (Lipinski definition) is 2. The number of aromatic nitrogens is 2. The maximum absolute atomic E-state index is 6.06. The van der Waals surface area contributed by atoms with E-state index in [1.165, 1.54) is 12.8 Å². The average Bonchev–Trinajstić information content (AvgIpc) is 2.52. The fourth-order valence-electron chi connectivity index (χ4n) is 1.79. The standard InChI is InChI=1S/C11H21N3/c1-4-5-9(2)6-10(12)11-7-14(3)8-13-11/h7-10H,4-6,12H2,1-3H3. The highest BCUT2D eigenvalue weighted by atomic mass is 15.0. The quantitative estimate of drug-likeness (QED) is 0.783. The summed E-state index contributed by atoms with van der Waals surface area (Å²) in [6, 6.07) is 0.0951. The Bertz CT molecular complexity index is 267. The van der Waals surface area contributed by atoms with Crippen LogP contribution in [-0.2, 0) is 7.05 Å². The van der Waals surface area contributed by atoms with Crippen molar-refractivity contribution in [1.82, 2.24) is 9.55 Å². The lowest BCUT2D eigenvalue weighted by Crippen LogP contribution is -2.14. The van der Waals surface area contributed by atoms with E-state index >= 15 is 0 Å². The predicted molar refractivity (Wildman–Crippen MR) is 58.8 cm³/mol. The van der Waals surface area contributed by atoms with Gasteiger partial charge in [-0.1, -0.05) is 26.7 Å². The topological polar surface area (TPSA) is 43.8 Å². The zero-order valence-electron chi connectivity index (χ0n) is 9.40. The molecule has 3 heteroatoms. The maximum atomic E-state index is 6.06. The summed E-state index contributed by atoms with van der Waals surface area (Å²) < 4.78 is 1.94. The van der Waals surface area contributed by atoms with E-state index in [1.807, 2.05) is 17.8 Å². The van der Waals surface area contributed by atoms with Crippen LogP contribution in [0.4, 0.5) is 0 Å². The molecule has 0 spiro atoms. The third kappa shape index (κ3) is 3.14. The van der Waals surface area contributed by atoms with Crippen molar-refractivity contribution in [3.63, 3.8) is 0 Å². The maximum Gasteiger partial charge on any atom is 0.0947 e. The van der Waals surface area contributed by atoms with E-state index in [1.54, 1.807) is 6.33 Å². The second-order valence-electron chi connectivity index (χ2n) is 4.20. The van der Waals surface area contributed by atoms with Crippen molar-refractivity contribution in [3.8, 4) is 0 Å². The molecule has 0 aliphatic rings. The molecule has 2 N–H and O–H groups in total. The summed E-state index contributed by atoms with van der Waals surface area (Å²) in [4.78, 5) is 4.27. The molecule has 0 radical (unpaired) electrons. The third-order valence-corrected chi connectivity index (χ3v) is 2.54. The lowest BCUT2D eigenvalue weighted by molar-refractivity contribution is 0.436. The van der Waals surface area contributed by atoms with Crippen LogP contribution in [-0.4, -0.2) is 9.55 Å². The molecule has 0 saturated carbocycles. The van der Waals surface area contributed by atoms with E-state index in [0.717, 1.165) is 12.1 Å².